The molecule has 0 radical (unpaired) electrons. The lowest BCUT2D eigenvalue weighted by atomic mass is 10.2. The highest BCUT2D eigenvalue weighted by Gasteiger charge is 2.14. The number of hydrogen-bond donors (Lipinski definition) is 1. The van der Waals surface area contributed by atoms with Crippen molar-refractivity contribution in [2.75, 3.05) is 0 Å². The Balaban J connectivity index is 2.11. The number of aryl methyl sites for hydroxylation is 1. The van der Waals surface area contributed by atoms with E-state index in [9.17, 15) is 9.90 Å². The summed E-state index contributed by atoms with van der Waals surface area (Å²) in [5.74, 6) is -0.307. The molecule has 3 rings (SSSR count). The molecule has 0 aliphatic heterocycles. The topological polar surface area (TPSA) is 81.2 Å². The summed E-state index contributed by atoms with van der Waals surface area (Å²) >= 11 is 0. The fraction of sp³-hybridized carbons (Fsp3) is 0.154. The van der Waals surface area contributed by atoms with Crippen molar-refractivity contribution >= 4 is 17.0 Å². The summed E-state index contributed by atoms with van der Waals surface area (Å²) in [5, 5.41) is 13.0. The van der Waals surface area contributed by atoms with Gasteiger partial charge in [-0.1, -0.05) is 11.2 Å². The second kappa shape index (κ2) is 4.24. The van der Waals surface area contributed by atoms with Crippen molar-refractivity contribution in [2.45, 2.75) is 13.5 Å². The maximum atomic E-state index is 11.2. The van der Waals surface area contributed by atoms with E-state index in [0.29, 0.717) is 23.3 Å². The molecular weight excluding hydrogens is 246 g/mol. The highest BCUT2D eigenvalue weighted by Crippen LogP contribution is 2.19. The largest absolute Gasteiger partial charge is 0.478 e. The zero-order chi connectivity index (χ0) is 13.4. The molecule has 1 aromatic carbocycles. The lowest BCUT2D eigenvalue weighted by Gasteiger charge is -2.03. The molecule has 2 aromatic heterocycles. The molecule has 96 valence electrons. The summed E-state index contributed by atoms with van der Waals surface area (Å²) in [6.45, 7) is 2.24. The van der Waals surface area contributed by atoms with Crippen molar-refractivity contribution in [1.29, 1.82) is 0 Å². The molecule has 6 heteroatoms. The van der Waals surface area contributed by atoms with Gasteiger partial charge < -0.3 is 14.2 Å². The van der Waals surface area contributed by atoms with Crippen LogP contribution in [0.1, 0.15) is 21.8 Å². The van der Waals surface area contributed by atoms with Gasteiger partial charge in [0.15, 0.2) is 5.76 Å². The summed E-state index contributed by atoms with van der Waals surface area (Å²) < 4.78 is 6.89. The number of carboxylic acids is 1. The number of carbonyl (C=O) groups is 1. The third-order valence-corrected chi connectivity index (χ3v) is 2.87. The third kappa shape index (κ3) is 1.97. The second-order valence-electron chi connectivity index (χ2n) is 4.29. The number of hydrogen-bond acceptors (Lipinski definition) is 4. The molecule has 6 nitrogen and oxygen atoms in total. The Morgan fingerprint density at radius 1 is 1.47 bits per heavy atom. The maximum absolute atomic E-state index is 11.2. The predicted octanol–water partition coefficient (Wildman–Crippen LogP) is 2.08. The van der Waals surface area contributed by atoms with Gasteiger partial charge in [-0.3, -0.25) is 0 Å². The Bertz CT molecular complexity index is 757. The second-order valence-corrected chi connectivity index (χ2v) is 4.29. The Labute approximate surface area is 108 Å². The minimum absolute atomic E-state index is 0.228. The SMILES string of the molecule is Cc1cc(Cn2cnc3cccc(C(=O)O)c32)on1. The minimum Gasteiger partial charge on any atom is -0.478 e. The normalized spacial score (nSPS) is 11.0. The van der Waals surface area contributed by atoms with Crippen molar-refractivity contribution in [3.05, 3.63) is 47.6 Å². The first-order chi connectivity index (χ1) is 9.15. The first-order valence-corrected chi connectivity index (χ1v) is 5.74. The zero-order valence-corrected chi connectivity index (χ0v) is 10.2. The van der Waals surface area contributed by atoms with Crippen LogP contribution in [0.15, 0.2) is 35.1 Å². The van der Waals surface area contributed by atoms with Gasteiger partial charge in [-0.05, 0) is 19.1 Å². The highest BCUT2D eigenvalue weighted by atomic mass is 16.5. The summed E-state index contributed by atoms with van der Waals surface area (Å²) in [6, 6.07) is 6.84. The Kier molecular flexibility index (Phi) is 2.56. The standard InChI is InChI=1S/C13H11N3O3/c1-8-5-9(19-15-8)6-16-7-14-11-4-2-3-10(12(11)16)13(17)18/h2-5,7H,6H2,1H3,(H,17,18). The van der Waals surface area contributed by atoms with Crippen LogP contribution < -0.4 is 0 Å². The van der Waals surface area contributed by atoms with Gasteiger partial charge in [0.25, 0.3) is 0 Å². The first kappa shape index (κ1) is 11.5. The smallest absolute Gasteiger partial charge is 0.337 e. The van der Waals surface area contributed by atoms with Gasteiger partial charge in [0.1, 0.15) is 0 Å². The molecule has 0 amide bonds. The highest BCUT2D eigenvalue weighted by molar-refractivity contribution is 6.01. The fourth-order valence-electron chi connectivity index (χ4n) is 2.08. The number of benzene rings is 1. The van der Waals surface area contributed by atoms with Crippen molar-refractivity contribution in [3.8, 4) is 0 Å². The number of aromatic carboxylic acids is 1. The molecule has 1 N–H and O–H groups in total. The molecule has 2 heterocycles. The van der Waals surface area contributed by atoms with Crippen LogP contribution in [-0.2, 0) is 6.54 Å². The number of para-hydroxylation sites is 1. The molecule has 19 heavy (non-hydrogen) atoms. The van der Waals surface area contributed by atoms with Gasteiger partial charge in [-0.25, -0.2) is 9.78 Å². The molecule has 0 aliphatic carbocycles. The minimum atomic E-state index is -0.971. The summed E-state index contributed by atoms with van der Waals surface area (Å²) in [4.78, 5) is 15.4. The van der Waals surface area contributed by atoms with E-state index in [1.807, 2.05) is 13.0 Å². The number of fused-ring (bicyclic) bond motifs is 1. The third-order valence-electron chi connectivity index (χ3n) is 2.87. The molecular formula is C13H11N3O3. The van der Waals surface area contributed by atoms with E-state index in [-0.39, 0.29) is 5.56 Å². The van der Waals surface area contributed by atoms with E-state index in [1.165, 1.54) is 0 Å². The van der Waals surface area contributed by atoms with Crippen molar-refractivity contribution in [3.63, 3.8) is 0 Å². The van der Waals surface area contributed by atoms with Crippen LogP contribution in [0.4, 0.5) is 0 Å². The Morgan fingerprint density at radius 3 is 3.00 bits per heavy atom. The zero-order valence-electron chi connectivity index (χ0n) is 10.2. The molecule has 0 spiro atoms. The van der Waals surface area contributed by atoms with Gasteiger partial charge >= 0.3 is 5.97 Å². The van der Waals surface area contributed by atoms with Crippen LogP contribution in [-0.4, -0.2) is 25.8 Å². The summed E-state index contributed by atoms with van der Waals surface area (Å²) in [5.41, 5.74) is 2.25. The van der Waals surface area contributed by atoms with Crippen LogP contribution in [0.25, 0.3) is 11.0 Å². The molecule has 0 bridgehead atoms. The molecule has 0 saturated heterocycles. The first-order valence-electron chi connectivity index (χ1n) is 5.74. The fourth-order valence-corrected chi connectivity index (χ4v) is 2.08. The van der Waals surface area contributed by atoms with Crippen LogP contribution in [0.3, 0.4) is 0 Å². The van der Waals surface area contributed by atoms with Gasteiger partial charge in [0.2, 0.25) is 0 Å². The van der Waals surface area contributed by atoms with Gasteiger partial charge in [-0.2, -0.15) is 0 Å². The molecule has 0 saturated carbocycles. The van der Waals surface area contributed by atoms with E-state index >= 15 is 0 Å². The average molecular weight is 257 g/mol. The van der Waals surface area contributed by atoms with Crippen LogP contribution >= 0.6 is 0 Å². The molecule has 0 atom stereocenters. The van der Waals surface area contributed by atoms with Gasteiger partial charge in [0.05, 0.1) is 35.2 Å². The quantitative estimate of drug-likeness (QED) is 0.776. The number of rotatable bonds is 3. The van der Waals surface area contributed by atoms with E-state index in [1.54, 1.807) is 29.1 Å². The van der Waals surface area contributed by atoms with E-state index < -0.39 is 5.97 Å². The maximum Gasteiger partial charge on any atom is 0.337 e. The van der Waals surface area contributed by atoms with Crippen molar-refractivity contribution in [2.24, 2.45) is 0 Å². The molecule has 0 fully saturated rings. The van der Waals surface area contributed by atoms with E-state index in [0.717, 1.165) is 5.69 Å². The lowest BCUT2D eigenvalue weighted by Crippen LogP contribution is -2.03. The Morgan fingerprint density at radius 2 is 2.32 bits per heavy atom. The molecule has 0 aliphatic rings. The van der Waals surface area contributed by atoms with Crippen LogP contribution in [0, 0.1) is 6.92 Å². The van der Waals surface area contributed by atoms with E-state index in [4.69, 9.17) is 4.52 Å². The van der Waals surface area contributed by atoms with Gasteiger partial charge in [0, 0.05) is 6.07 Å². The predicted molar refractivity (Wildman–Crippen MR) is 67.0 cm³/mol. The molecule has 0 unspecified atom stereocenters. The summed E-state index contributed by atoms with van der Waals surface area (Å²) in [6.07, 6.45) is 1.61. The monoisotopic (exact) mass is 257 g/mol. The summed E-state index contributed by atoms with van der Waals surface area (Å²) in [7, 11) is 0. The number of carboxylic acid groups (broad SMARTS) is 1. The van der Waals surface area contributed by atoms with Crippen LogP contribution in [0.5, 0.6) is 0 Å². The average Bonchev–Trinajstić information content (AvgIpc) is 2.97. The Hall–Kier alpha value is -2.63. The number of aromatic nitrogens is 3. The number of nitrogens with zero attached hydrogens (tertiary/aromatic N) is 3. The molecule has 3 aromatic rings. The van der Waals surface area contributed by atoms with Crippen molar-refractivity contribution in [1.82, 2.24) is 14.7 Å². The van der Waals surface area contributed by atoms with Crippen molar-refractivity contribution < 1.29 is 14.4 Å². The van der Waals surface area contributed by atoms with Crippen LogP contribution in [0.2, 0.25) is 0 Å². The lowest BCUT2D eigenvalue weighted by molar-refractivity contribution is 0.0698. The van der Waals surface area contributed by atoms with E-state index in [2.05, 4.69) is 10.1 Å². The van der Waals surface area contributed by atoms with Gasteiger partial charge in [-0.15, -0.1) is 0 Å². The number of imidazole rings is 1.